The monoisotopic (exact) mass is 773 g/mol. The van der Waals surface area contributed by atoms with Gasteiger partial charge in [-0.3, -0.25) is 14.4 Å². The lowest BCUT2D eigenvalue weighted by molar-refractivity contribution is -0.167. The SMILES string of the molecule is CC/C=C\C/C=C\CCCCC(=O)OCC(COC(=O)CCCCCCCCC/C=C\CCCCCC)OC(=O)CCCCCCCCCCCCCCC. The highest BCUT2D eigenvalue weighted by atomic mass is 16.6. The molecule has 0 aliphatic carbocycles. The number of rotatable bonds is 42. The van der Waals surface area contributed by atoms with Crippen molar-refractivity contribution in [3.63, 3.8) is 0 Å². The number of unbranched alkanes of at least 4 members (excludes halogenated alkanes) is 25. The fraction of sp³-hybridized carbons (Fsp3) is 0.816. The lowest BCUT2D eigenvalue weighted by Gasteiger charge is -2.18. The molecule has 0 aliphatic heterocycles. The maximum Gasteiger partial charge on any atom is 0.306 e. The predicted molar refractivity (Wildman–Crippen MR) is 233 cm³/mol. The summed E-state index contributed by atoms with van der Waals surface area (Å²) in [4.78, 5) is 37.7. The highest BCUT2D eigenvalue weighted by Crippen LogP contribution is 2.15. The molecule has 0 saturated carbocycles. The van der Waals surface area contributed by atoms with E-state index >= 15 is 0 Å². The van der Waals surface area contributed by atoms with Crippen LogP contribution in [0, 0.1) is 0 Å². The summed E-state index contributed by atoms with van der Waals surface area (Å²) in [7, 11) is 0. The van der Waals surface area contributed by atoms with Crippen LogP contribution in [0.25, 0.3) is 0 Å². The minimum Gasteiger partial charge on any atom is -0.462 e. The molecule has 0 heterocycles. The maximum atomic E-state index is 12.7. The molecule has 1 atom stereocenters. The summed E-state index contributed by atoms with van der Waals surface area (Å²) in [5.41, 5.74) is 0. The molecule has 0 amide bonds. The van der Waals surface area contributed by atoms with Crippen LogP contribution in [-0.4, -0.2) is 37.2 Å². The van der Waals surface area contributed by atoms with Gasteiger partial charge in [0.1, 0.15) is 13.2 Å². The number of hydrogen-bond acceptors (Lipinski definition) is 6. The Hall–Kier alpha value is -2.37. The third-order valence-electron chi connectivity index (χ3n) is 10.1. The highest BCUT2D eigenvalue weighted by Gasteiger charge is 2.19. The molecule has 0 rings (SSSR count). The Labute approximate surface area is 340 Å². The Morgan fingerprint density at radius 3 is 1.16 bits per heavy atom. The second-order valence-corrected chi connectivity index (χ2v) is 15.6. The molecule has 0 bridgehead atoms. The molecule has 0 aliphatic rings. The van der Waals surface area contributed by atoms with E-state index < -0.39 is 6.10 Å². The van der Waals surface area contributed by atoms with Crippen LogP contribution in [0.3, 0.4) is 0 Å². The summed E-state index contributed by atoms with van der Waals surface area (Å²) in [6, 6.07) is 0. The van der Waals surface area contributed by atoms with Crippen molar-refractivity contribution in [2.45, 2.75) is 245 Å². The van der Waals surface area contributed by atoms with Crippen LogP contribution in [0.1, 0.15) is 239 Å². The average molecular weight is 773 g/mol. The van der Waals surface area contributed by atoms with Gasteiger partial charge in [0, 0.05) is 19.3 Å². The third-order valence-corrected chi connectivity index (χ3v) is 10.1. The minimum atomic E-state index is -0.780. The summed E-state index contributed by atoms with van der Waals surface area (Å²) >= 11 is 0. The summed E-state index contributed by atoms with van der Waals surface area (Å²) in [5.74, 6) is -0.921. The van der Waals surface area contributed by atoms with Crippen LogP contribution in [0.5, 0.6) is 0 Å². The zero-order valence-electron chi connectivity index (χ0n) is 36.4. The molecule has 0 aromatic heterocycles. The fourth-order valence-electron chi connectivity index (χ4n) is 6.59. The Balaban J connectivity index is 4.35. The molecule has 55 heavy (non-hydrogen) atoms. The zero-order chi connectivity index (χ0) is 40.1. The van der Waals surface area contributed by atoms with Crippen molar-refractivity contribution in [2.75, 3.05) is 13.2 Å². The van der Waals surface area contributed by atoms with Gasteiger partial charge in [0.05, 0.1) is 0 Å². The van der Waals surface area contributed by atoms with Crippen molar-refractivity contribution < 1.29 is 28.6 Å². The number of allylic oxidation sites excluding steroid dienone is 6. The lowest BCUT2D eigenvalue weighted by atomic mass is 10.0. The lowest BCUT2D eigenvalue weighted by Crippen LogP contribution is -2.30. The molecule has 6 nitrogen and oxygen atoms in total. The number of carbonyl (C=O) groups excluding carboxylic acids is 3. The van der Waals surface area contributed by atoms with Crippen LogP contribution in [0.4, 0.5) is 0 Å². The van der Waals surface area contributed by atoms with Gasteiger partial charge in [0.25, 0.3) is 0 Å². The average Bonchev–Trinajstić information content (AvgIpc) is 3.18. The first-order valence-corrected chi connectivity index (χ1v) is 23.5. The number of carbonyl (C=O) groups is 3. The van der Waals surface area contributed by atoms with E-state index in [2.05, 4.69) is 57.2 Å². The van der Waals surface area contributed by atoms with Gasteiger partial charge in [-0.05, 0) is 70.6 Å². The van der Waals surface area contributed by atoms with Gasteiger partial charge in [0.2, 0.25) is 0 Å². The summed E-state index contributed by atoms with van der Waals surface area (Å²) in [6.07, 6.45) is 49.9. The smallest absolute Gasteiger partial charge is 0.306 e. The third kappa shape index (κ3) is 42.6. The van der Waals surface area contributed by atoms with Crippen LogP contribution in [0.2, 0.25) is 0 Å². The van der Waals surface area contributed by atoms with E-state index in [0.29, 0.717) is 19.3 Å². The van der Waals surface area contributed by atoms with Crippen molar-refractivity contribution in [1.29, 1.82) is 0 Å². The van der Waals surface area contributed by atoms with E-state index in [-0.39, 0.29) is 31.1 Å². The van der Waals surface area contributed by atoms with Crippen LogP contribution < -0.4 is 0 Å². The molecule has 320 valence electrons. The van der Waals surface area contributed by atoms with Crippen molar-refractivity contribution in [3.05, 3.63) is 36.5 Å². The van der Waals surface area contributed by atoms with Gasteiger partial charge in [0.15, 0.2) is 6.10 Å². The molecule has 0 aromatic rings. The second kappa shape index (κ2) is 44.3. The summed E-state index contributed by atoms with van der Waals surface area (Å²) in [5, 5.41) is 0. The predicted octanol–water partition coefficient (Wildman–Crippen LogP) is 15.0. The van der Waals surface area contributed by atoms with Crippen molar-refractivity contribution in [2.24, 2.45) is 0 Å². The normalized spacial score (nSPS) is 12.3. The maximum absolute atomic E-state index is 12.7. The number of hydrogen-bond donors (Lipinski definition) is 0. The number of ether oxygens (including phenoxy) is 3. The second-order valence-electron chi connectivity index (χ2n) is 15.6. The van der Waals surface area contributed by atoms with E-state index in [1.165, 1.54) is 128 Å². The summed E-state index contributed by atoms with van der Waals surface area (Å²) < 4.78 is 16.7. The molecule has 0 radical (unpaired) electrons. The van der Waals surface area contributed by atoms with Crippen molar-refractivity contribution >= 4 is 17.9 Å². The first-order valence-electron chi connectivity index (χ1n) is 23.5. The molecule has 1 unspecified atom stereocenters. The largest absolute Gasteiger partial charge is 0.462 e. The van der Waals surface area contributed by atoms with Gasteiger partial charge in [-0.2, -0.15) is 0 Å². The van der Waals surface area contributed by atoms with Gasteiger partial charge < -0.3 is 14.2 Å². The molecule has 0 spiro atoms. The zero-order valence-corrected chi connectivity index (χ0v) is 36.4. The summed E-state index contributed by atoms with van der Waals surface area (Å²) in [6.45, 7) is 6.47. The van der Waals surface area contributed by atoms with Crippen LogP contribution in [-0.2, 0) is 28.6 Å². The molecule has 0 saturated heterocycles. The van der Waals surface area contributed by atoms with Crippen LogP contribution >= 0.6 is 0 Å². The molecule has 6 heteroatoms. The Bertz CT molecular complexity index is 938. The van der Waals surface area contributed by atoms with Gasteiger partial charge in [-0.1, -0.05) is 186 Å². The van der Waals surface area contributed by atoms with E-state index in [1.807, 2.05) is 0 Å². The fourth-order valence-corrected chi connectivity index (χ4v) is 6.59. The topological polar surface area (TPSA) is 78.9 Å². The van der Waals surface area contributed by atoms with E-state index in [4.69, 9.17) is 14.2 Å². The minimum absolute atomic E-state index is 0.0824. The first kappa shape index (κ1) is 52.6. The van der Waals surface area contributed by atoms with E-state index in [1.54, 1.807) is 0 Å². The van der Waals surface area contributed by atoms with Gasteiger partial charge in [-0.15, -0.1) is 0 Å². The Kier molecular flexibility index (Phi) is 42.4. The van der Waals surface area contributed by atoms with Crippen LogP contribution in [0.15, 0.2) is 36.5 Å². The molecule has 0 N–H and O–H groups in total. The Morgan fingerprint density at radius 2 is 0.709 bits per heavy atom. The van der Waals surface area contributed by atoms with E-state index in [0.717, 1.165) is 70.6 Å². The standard InChI is InChI=1S/C49H88O6/c1-4-7-10-13-16-19-21-23-24-26-27-30-33-36-39-42-48(51)54-45-46(44-53-47(50)41-38-35-32-29-18-15-12-9-6-3)55-49(52)43-40-37-34-31-28-25-22-20-17-14-11-8-5-2/h9,12,18-19,21,29,46H,4-8,10-11,13-17,20,22-28,30-45H2,1-3H3/b12-9-,21-19-,29-18-. The molecule has 0 aromatic carbocycles. The van der Waals surface area contributed by atoms with Crippen molar-refractivity contribution in [3.8, 4) is 0 Å². The highest BCUT2D eigenvalue weighted by molar-refractivity contribution is 5.71. The quantitative estimate of drug-likeness (QED) is 0.0266. The van der Waals surface area contributed by atoms with Gasteiger partial charge >= 0.3 is 17.9 Å². The van der Waals surface area contributed by atoms with Crippen molar-refractivity contribution in [1.82, 2.24) is 0 Å². The number of esters is 3. The Morgan fingerprint density at radius 1 is 0.382 bits per heavy atom. The molecular weight excluding hydrogens is 685 g/mol. The molecule has 0 fully saturated rings. The van der Waals surface area contributed by atoms with E-state index in [9.17, 15) is 14.4 Å². The molecular formula is C49H88O6. The first-order chi connectivity index (χ1) is 27.0. The van der Waals surface area contributed by atoms with Gasteiger partial charge in [-0.25, -0.2) is 0 Å².